The van der Waals surface area contributed by atoms with Crippen LogP contribution in [0.3, 0.4) is 0 Å². The van der Waals surface area contributed by atoms with Crippen molar-refractivity contribution < 1.29 is 18.7 Å². The molecule has 0 radical (unpaired) electrons. The van der Waals surface area contributed by atoms with Crippen molar-refractivity contribution in [3.63, 3.8) is 0 Å². The summed E-state index contributed by atoms with van der Waals surface area (Å²) >= 11 is 0. The molecule has 3 rings (SSSR count). The number of aryl methyl sites for hydroxylation is 1. The van der Waals surface area contributed by atoms with Gasteiger partial charge in [0, 0.05) is 23.4 Å². The third-order valence-electron chi connectivity index (χ3n) is 4.22. The molecule has 0 aliphatic carbocycles. The average Bonchev–Trinajstić information content (AvgIpc) is 2.70. The van der Waals surface area contributed by atoms with Gasteiger partial charge in [0.25, 0.3) is 5.56 Å². The van der Waals surface area contributed by atoms with Crippen molar-refractivity contribution in [3.05, 3.63) is 70.4 Å². The Kier molecular flexibility index (Phi) is 5.92. The van der Waals surface area contributed by atoms with E-state index in [-0.39, 0.29) is 17.9 Å². The molecule has 0 saturated carbocycles. The Morgan fingerprint density at radius 1 is 1.10 bits per heavy atom. The number of rotatable bonds is 6. The molecule has 150 valence electrons. The number of anilines is 1. The molecule has 1 N–H and O–H groups in total. The van der Waals surface area contributed by atoms with E-state index in [1.807, 2.05) is 0 Å². The zero-order valence-electron chi connectivity index (χ0n) is 16.2. The number of carbonyl (C=O) groups excluding carboxylic acids is 1. The number of halogens is 1. The van der Waals surface area contributed by atoms with E-state index in [0.717, 1.165) is 0 Å². The Hall–Kier alpha value is -3.68. The van der Waals surface area contributed by atoms with Gasteiger partial charge in [-0.25, -0.2) is 9.37 Å². The zero-order chi connectivity index (χ0) is 21.0. The number of hydrogen-bond acceptors (Lipinski definition) is 5. The minimum absolute atomic E-state index is 0.279. The summed E-state index contributed by atoms with van der Waals surface area (Å²) in [5.41, 5.74) is 1.05. The van der Waals surface area contributed by atoms with Gasteiger partial charge in [-0.1, -0.05) is 0 Å². The summed E-state index contributed by atoms with van der Waals surface area (Å²) in [6.45, 7) is 1.40. The van der Waals surface area contributed by atoms with Gasteiger partial charge < -0.3 is 14.8 Å². The number of ether oxygens (including phenoxy) is 2. The maximum atomic E-state index is 13.3. The Morgan fingerprint density at radius 3 is 2.48 bits per heavy atom. The van der Waals surface area contributed by atoms with Crippen LogP contribution in [0.15, 0.2) is 53.3 Å². The molecular weight excluding hydrogens is 377 g/mol. The summed E-state index contributed by atoms with van der Waals surface area (Å²) in [6.07, 6.45) is 0. The fraction of sp³-hybridized carbons (Fsp3) is 0.190. The summed E-state index contributed by atoms with van der Waals surface area (Å²) in [5.74, 6) is 0.420. The minimum Gasteiger partial charge on any atom is -0.497 e. The molecule has 0 spiro atoms. The van der Waals surface area contributed by atoms with Gasteiger partial charge in [-0.3, -0.25) is 14.2 Å². The van der Waals surface area contributed by atoms with Crippen LogP contribution in [0.2, 0.25) is 0 Å². The number of nitrogens with zero attached hydrogens (tertiary/aromatic N) is 2. The van der Waals surface area contributed by atoms with E-state index in [9.17, 15) is 14.0 Å². The second-order valence-electron chi connectivity index (χ2n) is 6.27. The fourth-order valence-corrected chi connectivity index (χ4v) is 2.84. The summed E-state index contributed by atoms with van der Waals surface area (Å²) in [7, 11) is 3.00. The normalized spacial score (nSPS) is 10.5. The maximum Gasteiger partial charge on any atom is 0.254 e. The third kappa shape index (κ3) is 4.60. The van der Waals surface area contributed by atoms with Crippen LogP contribution in [0.5, 0.6) is 11.5 Å². The van der Waals surface area contributed by atoms with Crippen molar-refractivity contribution in [3.8, 4) is 22.9 Å². The number of amides is 1. The molecule has 0 saturated heterocycles. The number of carbonyl (C=O) groups is 1. The molecule has 1 amide bonds. The van der Waals surface area contributed by atoms with Crippen LogP contribution < -0.4 is 20.3 Å². The van der Waals surface area contributed by atoms with Crippen LogP contribution >= 0.6 is 0 Å². The topological polar surface area (TPSA) is 82.4 Å². The smallest absolute Gasteiger partial charge is 0.254 e. The standard InChI is InChI=1S/C21H20FN3O4/c1-13-10-20(27)25(21(23-13)14-4-6-15(22)7-5-14)12-19(26)24-17-11-16(28-2)8-9-18(17)29-3/h4-11H,12H2,1-3H3,(H,24,26). The van der Waals surface area contributed by atoms with E-state index in [1.165, 1.54) is 49.1 Å². The van der Waals surface area contributed by atoms with Gasteiger partial charge in [-0.2, -0.15) is 0 Å². The van der Waals surface area contributed by atoms with Gasteiger partial charge in [-0.05, 0) is 43.3 Å². The van der Waals surface area contributed by atoms with E-state index in [2.05, 4.69) is 10.3 Å². The fourth-order valence-electron chi connectivity index (χ4n) is 2.84. The highest BCUT2D eigenvalue weighted by Crippen LogP contribution is 2.29. The van der Waals surface area contributed by atoms with E-state index in [0.29, 0.717) is 28.4 Å². The van der Waals surface area contributed by atoms with Crippen molar-refractivity contribution in [1.82, 2.24) is 9.55 Å². The predicted molar refractivity (Wildman–Crippen MR) is 107 cm³/mol. The highest BCUT2D eigenvalue weighted by molar-refractivity contribution is 5.92. The Morgan fingerprint density at radius 2 is 1.83 bits per heavy atom. The Balaban J connectivity index is 1.93. The summed E-state index contributed by atoms with van der Waals surface area (Å²) in [4.78, 5) is 29.6. The monoisotopic (exact) mass is 397 g/mol. The zero-order valence-corrected chi connectivity index (χ0v) is 16.2. The Bertz CT molecular complexity index is 1090. The quantitative estimate of drug-likeness (QED) is 0.691. The molecule has 8 heteroatoms. The van der Waals surface area contributed by atoms with Crippen molar-refractivity contribution in [2.24, 2.45) is 0 Å². The SMILES string of the molecule is COc1ccc(OC)c(NC(=O)Cn2c(-c3ccc(F)cc3)nc(C)cc2=O)c1. The molecule has 7 nitrogen and oxygen atoms in total. The number of aromatic nitrogens is 2. The summed E-state index contributed by atoms with van der Waals surface area (Å²) < 4.78 is 24.9. The van der Waals surface area contributed by atoms with Gasteiger partial charge in [0.05, 0.1) is 19.9 Å². The van der Waals surface area contributed by atoms with Crippen LogP contribution in [0.25, 0.3) is 11.4 Å². The molecule has 0 atom stereocenters. The minimum atomic E-state index is -0.451. The van der Waals surface area contributed by atoms with E-state index >= 15 is 0 Å². The molecule has 0 bridgehead atoms. The van der Waals surface area contributed by atoms with E-state index < -0.39 is 11.7 Å². The number of hydrogen-bond donors (Lipinski definition) is 1. The first-order chi connectivity index (χ1) is 13.9. The number of methoxy groups -OCH3 is 2. The van der Waals surface area contributed by atoms with E-state index in [1.54, 1.807) is 25.1 Å². The lowest BCUT2D eigenvalue weighted by atomic mass is 10.2. The second kappa shape index (κ2) is 8.55. The van der Waals surface area contributed by atoms with Gasteiger partial charge in [0.15, 0.2) is 0 Å². The van der Waals surface area contributed by atoms with Gasteiger partial charge in [-0.15, -0.1) is 0 Å². The first-order valence-corrected chi connectivity index (χ1v) is 8.77. The highest BCUT2D eigenvalue weighted by Gasteiger charge is 2.15. The van der Waals surface area contributed by atoms with Crippen molar-refractivity contribution in [2.45, 2.75) is 13.5 Å². The van der Waals surface area contributed by atoms with Crippen LogP contribution in [-0.2, 0) is 11.3 Å². The molecule has 0 fully saturated rings. The summed E-state index contributed by atoms with van der Waals surface area (Å²) in [5, 5.41) is 2.72. The molecule has 1 aromatic heterocycles. The maximum absolute atomic E-state index is 13.3. The van der Waals surface area contributed by atoms with E-state index in [4.69, 9.17) is 9.47 Å². The van der Waals surface area contributed by atoms with Gasteiger partial charge in [0.1, 0.15) is 29.7 Å². The summed E-state index contributed by atoms with van der Waals surface area (Å²) in [6, 6.07) is 11.9. The Labute approximate surface area is 166 Å². The van der Waals surface area contributed by atoms with Crippen molar-refractivity contribution >= 4 is 11.6 Å². The first-order valence-electron chi connectivity index (χ1n) is 8.77. The molecule has 3 aromatic rings. The highest BCUT2D eigenvalue weighted by atomic mass is 19.1. The molecule has 0 unspecified atom stereocenters. The largest absolute Gasteiger partial charge is 0.497 e. The molecule has 2 aromatic carbocycles. The number of nitrogens with one attached hydrogen (secondary N) is 1. The van der Waals surface area contributed by atoms with Gasteiger partial charge >= 0.3 is 0 Å². The molecule has 0 aliphatic rings. The molecule has 0 aliphatic heterocycles. The van der Waals surface area contributed by atoms with Gasteiger partial charge in [0.2, 0.25) is 5.91 Å². The van der Waals surface area contributed by atoms with Crippen LogP contribution in [0.1, 0.15) is 5.69 Å². The molecular formula is C21H20FN3O4. The van der Waals surface area contributed by atoms with Crippen LogP contribution in [0.4, 0.5) is 10.1 Å². The second-order valence-corrected chi connectivity index (χ2v) is 6.27. The average molecular weight is 397 g/mol. The first kappa shape index (κ1) is 20.1. The third-order valence-corrected chi connectivity index (χ3v) is 4.22. The molecule has 29 heavy (non-hydrogen) atoms. The lowest BCUT2D eigenvalue weighted by molar-refractivity contribution is -0.116. The van der Waals surface area contributed by atoms with Crippen molar-refractivity contribution in [2.75, 3.05) is 19.5 Å². The van der Waals surface area contributed by atoms with Crippen molar-refractivity contribution in [1.29, 1.82) is 0 Å². The predicted octanol–water partition coefficient (Wildman–Crippen LogP) is 3.01. The van der Waals surface area contributed by atoms with Crippen LogP contribution in [-0.4, -0.2) is 29.7 Å². The molecule has 1 heterocycles. The van der Waals surface area contributed by atoms with Crippen LogP contribution in [0, 0.1) is 12.7 Å². The number of benzene rings is 2. The lowest BCUT2D eigenvalue weighted by Crippen LogP contribution is -2.29. The lowest BCUT2D eigenvalue weighted by Gasteiger charge is -2.15.